The van der Waals surface area contributed by atoms with Crippen molar-refractivity contribution >= 4 is 11.9 Å². The third kappa shape index (κ3) is 2.12. The molecule has 2 aromatic rings. The van der Waals surface area contributed by atoms with Crippen LogP contribution in [0.1, 0.15) is 41.0 Å². The molecule has 1 amide bonds. The lowest BCUT2D eigenvalue weighted by Crippen LogP contribution is -2.11. The monoisotopic (exact) mass is 248 g/mol. The molecule has 0 unspecified atom stereocenters. The van der Waals surface area contributed by atoms with Gasteiger partial charge < -0.3 is 14.6 Å². The highest BCUT2D eigenvalue weighted by molar-refractivity contribution is 6.00. The molecule has 0 atom stereocenters. The summed E-state index contributed by atoms with van der Waals surface area (Å²) in [6.45, 7) is 0.250. The third-order valence-corrected chi connectivity index (χ3v) is 2.67. The van der Waals surface area contributed by atoms with Crippen LogP contribution in [0.4, 0.5) is 6.01 Å². The maximum Gasteiger partial charge on any atom is 0.322 e. The molecule has 7 heteroatoms. The van der Waals surface area contributed by atoms with Gasteiger partial charge in [-0.3, -0.25) is 10.1 Å². The van der Waals surface area contributed by atoms with Gasteiger partial charge in [-0.05, 0) is 25.0 Å². The lowest BCUT2D eigenvalue weighted by molar-refractivity contribution is 0.0992. The molecule has 0 radical (unpaired) electrons. The summed E-state index contributed by atoms with van der Waals surface area (Å²) in [7, 11) is 0. The molecular formula is C11H12N4O3. The zero-order valence-electron chi connectivity index (χ0n) is 9.55. The molecule has 0 aromatic carbocycles. The van der Waals surface area contributed by atoms with Crippen LogP contribution in [0.15, 0.2) is 21.0 Å². The minimum Gasteiger partial charge on any atom is -0.455 e. The Balaban J connectivity index is 1.68. The van der Waals surface area contributed by atoms with Crippen LogP contribution < -0.4 is 11.1 Å². The van der Waals surface area contributed by atoms with E-state index in [2.05, 4.69) is 15.5 Å². The maximum absolute atomic E-state index is 11.8. The highest BCUT2D eigenvalue weighted by Crippen LogP contribution is 2.39. The number of anilines is 1. The van der Waals surface area contributed by atoms with Crippen LogP contribution >= 0.6 is 0 Å². The number of hydrogen-bond donors (Lipinski definition) is 2. The van der Waals surface area contributed by atoms with E-state index in [1.165, 1.54) is 0 Å². The van der Waals surface area contributed by atoms with E-state index in [1.54, 1.807) is 12.1 Å². The summed E-state index contributed by atoms with van der Waals surface area (Å²) in [5.41, 5.74) is 5.39. The van der Waals surface area contributed by atoms with Crippen molar-refractivity contribution in [1.82, 2.24) is 10.2 Å². The van der Waals surface area contributed by atoms with E-state index >= 15 is 0 Å². The molecule has 7 nitrogen and oxygen atoms in total. The summed E-state index contributed by atoms with van der Waals surface area (Å²) in [6.07, 6.45) is 2.13. The number of nitrogens with zero attached hydrogens (tertiary/aromatic N) is 2. The first-order valence-electron chi connectivity index (χ1n) is 5.70. The third-order valence-electron chi connectivity index (χ3n) is 2.67. The lowest BCUT2D eigenvalue weighted by atomic mass is 10.4. The Morgan fingerprint density at radius 3 is 2.89 bits per heavy atom. The minimum atomic E-state index is -0.430. The van der Waals surface area contributed by atoms with Gasteiger partial charge in [0.05, 0.1) is 6.54 Å². The van der Waals surface area contributed by atoms with Gasteiger partial charge in [0.25, 0.3) is 5.91 Å². The van der Waals surface area contributed by atoms with Crippen LogP contribution in [0.2, 0.25) is 0 Å². The van der Waals surface area contributed by atoms with Gasteiger partial charge in [-0.15, -0.1) is 5.10 Å². The number of hydrogen-bond acceptors (Lipinski definition) is 6. The highest BCUT2D eigenvalue weighted by atomic mass is 16.4. The summed E-state index contributed by atoms with van der Waals surface area (Å²) in [5.74, 6) is 1.22. The molecule has 94 valence electrons. The van der Waals surface area contributed by atoms with E-state index in [9.17, 15) is 4.79 Å². The number of carbonyl (C=O) groups excluding carboxylic acids is 1. The van der Waals surface area contributed by atoms with Crippen LogP contribution in [0, 0.1) is 0 Å². The SMILES string of the molecule is NCc1ccc(C(=O)Nc2nnc(C3CC3)o2)o1. The van der Waals surface area contributed by atoms with Crippen molar-refractivity contribution in [3.8, 4) is 0 Å². The summed E-state index contributed by atoms with van der Waals surface area (Å²) in [4.78, 5) is 11.8. The van der Waals surface area contributed by atoms with Gasteiger partial charge in [0.15, 0.2) is 5.76 Å². The second-order valence-corrected chi connectivity index (χ2v) is 4.14. The molecular weight excluding hydrogens is 236 g/mol. The number of amides is 1. The molecule has 3 N–H and O–H groups in total. The normalized spacial score (nSPS) is 14.7. The van der Waals surface area contributed by atoms with Crippen molar-refractivity contribution in [2.24, 2.45) is 5.73 Å². The van der Waals surface area contributed by atoms with Crippen molar-refractivity contribution in [2.75, 3.05) is 5.32 Å². The lowest BCUT2D eigenvalue weighted by Gasteiger charge is -1.96. The van der Waals surface area contributed by atoms with Gasteiger partial charge >= 0.3 is 6.01 Å². The van der Waals surface area contributed by atoms with E-state index in [4.69, 9.17) is 14.6 Å². The molecule has 2 aromatic heterocycles. The average molecular weight is 248 g/mol. The fraction of sp³-hybridized carbons (Fsp3) is 0.364. The molecule has 1 aliphatic rings. The number of nitrogens with two attached hydrogens (primary N) is 1. The highest BCUT2D eigenvalue weighted by Gasteiger charge is 2.29. The van der Waals surface area contributed by atoms with Crippen molar-refractivity contribution in [3.63, 3.8) is 0 Å². The molecule has 2 heterocycles. The first kappa shape index (κ1) is 11.0. The number of rotatable bonds is 4. The van der Waals surface area contributed by atoms with Crippen LogP contribution in [0.25, 0.3) is 0 Å². The van der Waals surface area contributed by atoms with Gasteiger partial charge in [0, 0.05) is 5.92 Å². The van der Waals surface area contributed by atoms with Crippen LogP contribution in [-0.4, -0.2) is 16.1 Å². The Labute approximate surface area is 102 Å². The number of furan rings is 1. The molecule has 0 aliphatic heterocycles. The summed E-state index contributed by atoms with van der Waals surface area (Å²) in [5, 5.41) is 10.1. The number of aromatic nitrogens is 2. The van der Waals surface area contributed by atoms with E-state index in [0.717, 1.165) is 12.8 Å². The van der Waals surface area contributed by atoms with Gasteiger partial charge in [-0.1, -0.05) is 5.10 Å². The Bertz CT molecular complexity index is 570. The Morgan fingerprint density at radius 2 is 2.22 bits per heavy atom. The fourth-order valence-corrected chi connectivity index (χ4v) is 1.55. The van der Waals surface area contributed by atoms with E-state index in [0.29, 0.717) is 17.6 Å². The van der Waals surface area contributed by atoms with Crippen LogP contribution in [0.3, 0.4) is 0 Å². The molecule has 3 rings (SSSR count). The van der Waals surface area contributed by atoms with Crippen LogP contribution in [0.5, 0.6) is 0 Å². The smallest absolute Gasteiger partial charge is 0.322 e. The second-order valence-electron chi connectivity index (χ2n) is 4.14. The predicted octanol–water partition coefficient (Wildman–Crippen LogP) is 1.25. The van der Waals surface area contributed by atoms with E-state index < -0.39 is 5.91 Å². The number of nitrogens with one attached hydrogen (secondary N) is 1. The van der Waals surface area contributed by atoms with E-state index in [-0.39, 0.29) is 18.3 Å². The molecule has 0 spiro atoms. The van der Waals surface area contributed by atoms with Gasteiger partial charge in [-0.25, -0.2) is 0 Å². The second kappa shape index (κ2) is 4.26. The summed E-state index contributed by atoms with van der Waals surface area (Å²) < 4.78 is 10.5. The van der Waals surface area contributed by atoms with Gasteiger partial charge in [0.1, 0.15) is 5.76 Å². The molecule has 18 heavy (non-hydrogen) atoms. The maximum atomic E-state index is 11.8. The van der Waals surface area contributed by atoms with Crippen molar-refractivity contribution < 1.29 is 13.6 Å². The quantitative estimate of drug-likeness (QED) is 0.843. The molecule has 1 aliphatic carbocycles. The van der Waals surface area contributed by atoms with Gasteiger partial charge in [0.2, 0.25) is 5.89 Å². The topological polar surface area (TPSA) is 107 Å². The zero-order valence-corrected chi connectivity index (χ0v) is 9.55. The molecule has 0 saturated heterocycles. The first-order chi connectivity index (χ1) is 8.76. The fourth-order valence-electron chi connectivity index (χ4n) is 1.55. The predicted molar refractivity (Wildman–Crippen MR) is 60.8 cm³/mol. The summed E-state index contributed by atoms with van der Waals surface area (Å²) in [6, 6.07) is 3.29. The molecule has 1 saturated carbocycles. The van der Waals surface area contributed by atoms with Gasteiger partial charge in [-0.2, -0.15) is 0 Å². The first-order valence-corrected chi connectivity index (χ1v) is 5.70. The van der Waals surface area contributed by atoms with Crippen LogP contribution in [-0.2, 0) is 6.54 Å². The summed E-state index contributed by atoms with van der Waals surface area (Å²) >= 11 is 0. The zero-order chi connectivity index (χ0) is 12.5. The Hall–Kier alpha value is -2.15. The van der Waals surface area contributed by atoms with Crippen molar-refractivity contribution in [1.29, 1.82) is 0 Å². The molecule has 0 bridgehead atoms. The van der Waals surface area contributed by atoms with Crippen molar-refractivity contribution in [3.05, 3.63) is 29.5 Å². The Morgan fingerprint density at radius 1 is 1.39 bits per heavy atom. The van der Waals surface area contributed by atoms with E-state index in [1.807, 2.05) is 0 Å². The largest absolute Gasteiger partial charge is 0.455 e. The van der Waals surface area contributed by atoms with Crippen molar-refractivity contribution in [2.45, 2.75) is 25.3 Å². The molecule has 1 fully saturated rings. The Kier molecular flexibility index (Phi) is 2.60. The minimum absolute atomic E-state index is 0.0904. The number of carbonyl (C=O) groups is 1. The average Bonchev–Trinajstić information content (AvgIpc) is 2.93. The standard InChI is InChI=1S/C11H12N4O3/c12-5-7-3-4-8(17-7)9(16)13-11-15-14-10(18-11)6-1-2-6/h3-4,6H,1-2,5,12H2,(H,13,15,16).